The van der Waals surface area contributed by atoms with Crippen LogP contribution in [0.1, 0.15) is 26.2 Å². The van der Waals surface area contributed by atoms with Gasteiger partial charge in [-0.25, -0.2) is 4.79 Å². The Bertz CT molecular complexity index is 458. The zero-order chi connectivity index (χ0) is 17.2. The molecule has 0 radical (unpaired) electrons. The van der Waals surface area contributed by atoms with Gasteiger partial charge in [0.15, 0.2) is 0 Å². The summed E-state index contributed by atoms with van der Waals surface area (Å²) in [5.74, 6) is -5.18. The van der Waals surface area contributed by atoms with Gasteiger partial charge in [0.2, 0.25) is 0 Å². The van der Waals surface area contributed by atoms with Crippen LogP contribution in [0.3, 0.4) is 0 Å². The molecule has 1 saturated carbocycles. The maximum Gasteiger partial charge on any atom is 0.394 e. The largest absolute Gasteiger partial charge is 0.481 e. The molecule has 2 aliphatic rings. The highest BCUT2D eigenvalue weighted by Crippen LogP contribution is 2.37. The van der Waals surface area contributed by atoms with Crippen molar-refractivity contribution in [3.8, 4) is 0 Å². The van der Waals surface area contributed by atoms with E-state index in [1.807, 2.05) is 6.92 Å². The molecule has 2 N–H and O–H groups in total. The molecular weight excluding hydrogens is 317 g/mol. The van der Waals surface area contributed by atoms with Gasteiger partial charge >= 0.3 is 18.2 Å². The average Bonchev–Trinajstić information content (AvgIpc) is 3.05. The van der Waals surface area contributed by atoms with Gasteiger partial charge in [-0.3, -0.25) is 4.79 Å². The number of halogens is 3. The van der Waals surface area contributed by atoms with Crippen LogP contribution in [-0.2, 0) is 9.53 Å². The summed E-state index contributed by atoms with van der Waals surface area (Å²) in [5, 5.41) is 11.7. The summed E-state index contributed by atoms with van der Waals surface area (Å²) in [6.45, 7) is 1.27. The van der Waals surface area contributed by atoms with Gasteiger partial charge in [0.05, 0.1) is 24.0 Å². The number of ether oxygens (including phenoxy) is 1. The summed E-state index contributed by atoms with van der Waals surface area (Å²) in [6.07, 6.45) is -2.41. The maximum atomic E-state index is 12.9. The predicted octanol–water partition coefficient (Wildman–Crippen LogP) is 1.85. The molecule has 4 atom stereocenters. The number of alkyl halides is 3. The van der Waals surface area contributed by atoms with E-state index in [4.69, 9.17) is 9.84 Å². The number of rotatable bonds is 4. The monoisotopic (exact) mass is 338 g/mol. The van der Waals surface area contributed by atoms with Gasteiger partial charge in [-0.2, -0.15) is 13.2 Å². The minimum absolute atomic E-state index is 0.139. The summed E-state index contributed by atoms with van der Waals surface area (Å²) >= 11 is 0. The summed E-state index contributed by atoms with van der Waals surface area (Å²) < 4.78 is 44.3. The van der Waals surface area contributed by atoms with Gasteiger partial charge in [-0.1, -0.05) is 0 Å². The number of urea groups is 1. The second kappa shape index (κ2) is 6.94. The third kappa shape index (κ3) is 4.07. The van der Waals surface area contributed by atoms with Gasteiger partial charge in [0, 0.05) is 19.7 Å². The van der Waals surface area contributed by atoms with Gasteiger partial charge in [-0.15, -0.1) is 0 Å². The van der Waals surface area contributed by atoms with Gasteiger partial charge < -0.3 is 20.1 Å². The molecule has 132 valence electrons. The van der Waals surface area contributed by atoms with Crippen LogP contribution in [0.2, 0.25) is 0 Å². The zero-order valence-corrected chi connectivity index (χ0v) is 12.8. The topological polar surface area (TPSA) is 78.9 Å². The molecule has 1 heterocycles. The highest BCUT2D eigenvalue weighted by atomic mass is 19.4. The van der Waals surface area contributed by atoms with Crippen LogP contribution in [0.4, 0.5) is 18.0 Å². The molecule has 2 fully saturated rings. The Hall–Kier alpha value is -1.51. The Morgan fingerprint density at radius 2 is 2.00 bits per heavy atom. The fraction of sp³-hybridized carbons (Fsp3) is 0.857. The number of hydrogen-bond donors (Lipinski definition) is 2. The van der Waals surface area contributed by atoms with Crippen molar-refractivity contribution in [1.82, 2.24) is 10.2 Å². The molecule has 0 unspecified atom stereocenters. The first kappa shape index (κ1) is 17.8. The molecule has 1 saturated heterocycles. The minimum atomic E-state index is -4.64. The first-order valence-electron chi connectivity index (χ1n) is 7.70. The van der Waals surface area contributed by atoms with Crippen LogP contribution in [-0.4, -0.2) is 60.0 Å². The fourth-order valence-electron chi connectivity index (χ4n) is 3.31. The smallest absolute Gasteiger partial charge is 0.394 e. The molecule has 0 aromatic heterocycles. The van der Waals surface area contributed by atoms with Crippen molar-refractivity contribution in [1.29, 1.82) is 0 Å². The normalized spacial score (nSPS) is 31.4. The Balaban J connectivity index is 1.99. The van der Waals surface area contributed by atoms with Crippen molar-refractivity contribution in [2.45, 2.75) is 44.5 Å². The number of amides is 2. The SMILES string of the molecule is CCO[C@@H]1CCC[C@H]1NC(=O)N1C[C@@H](C(F)(F)F)[C@H](C(=O)O)C1. The number of nitrogens with one attached hydrogen (secondary N) is 1. The number of carboxylic acids is 1. The Morgan fingerprint density at radius 1 is 1.30 bits per heavy atom. The van der Waals surface area contributed by atoms with Crippen molar-refractivity contribution in [2.24, 2.45) is 11.8 Å². The lowest BCUT2D eigenvalue weighted by Crippen LogP contribution is -2.47. The maximum absolute atomic E-state index is 12.9. The fourth-order valence-corrected chi connectivity index (χ4v) is 3.31. The number of likely N-dealkylation sites (tertiary alicyclic amines) is 1. The first-order chi connectivity index (χ1) is 10.7. The molecule has 0 aromatic carbocycles. The highest BCUT2D eigenvalue weighted by Gasteiger charge is 2.53. The lowest BCUT2D eigenvalue weighted by Gasteiger charge is -2.24. The molecule has 1 aliphatic carbocycles. The van der Waals surface area contributed by atoms with Crippen LogP contribution in [0.5, 0.6) is 0 Å². The molecule has 6 nitrogen and oxygen atoms in total. The molecule has 0 aromatic rings. The van der Waals surface area contributed by atoms with Gasteiger partial charge in [0.25, 0.3) is 0 Å². The minimum Gasteiger partial charge on any atom is -0.481 e. The van der Waals surface area contributed by atoms with E-state index in [1.54, 1.807) is 0 Å². The van der Waals surface area contributed by atoms with Crippen molar-refractivity contribution in [3.63, 3.8) is 0 Å². The number of carbonyl (C=O) groups excluding carboxylic acids is 1. The summed E-state index contributed by atoms with van der Waals surface area (Å²) in [6, 6.07) is -0.893. The number of aliphatic carboxylic acids is 1. The average molecular weight is 338 g/mol. The third-order valence-corrected chi connectivity index (χ3v) is 4.49. The van der Waals surface area contributed by atoms with E-state index in [2.05, 4.69) is 5.32 Å². The van der Waals surface area contributed by atoms with E-state index in [0.717, 1.165) is 17.7 Å². The van der Waals surface area contributed by atoms with Crippen LogP contribution in [0.15, 0.2) is 0 Å². The van der Waals surface area contributed by atoms with Gasteiger partial charge in [0.1, 0.15) is 0 Å². The standard InChI is InChI=1S/C14H21F3N2O4/c1-2-23-11-5-3-4-10(11)18-13(22)19-6-8(12(20)21)9(7-19)14(15,16)17/h8-11H,2-7H2,1H3,(H,18,22)(H,20,21)/t8-,9-,10-,11-/m1/s1. The van der Waals surface area contributed by atoms with E-state index in [-0.39, 0.29) is 12.1 Å². The molecule has 2 amide bonds. The molecule has 0 spiro atoms. The van der Waals surface area contributed by atoms with Crippen LogP contribution >= 0.6 is 0 Å². The predicted molar refractivity (Wildman–Crippen MR) is 73.8 cm³/mol. The van der Waals surface area contributed by atoms with E-state index in [9.17, 15) is 22.8 Å². The van der Waals surface area contributed by atoms with Gasteiger partial charge in [-0.05, 0) is 26.2 Å². The van der Waals surface area contributed by atoms with Crippen LogP contribution in [0.25, 0.3) is 0 Å². The van der Waals surface area contributed by atoms with Crippen LogP contribution in [0, 0.1) is 11.8 Å². The Morgan fingerprint density at radius 3 is 2.52 bits per heavy atom. The van der Waals surface area contributed by atoms with Crippen molar-refractivity contribution < 1.29 is 32.6 Å². The van der Waals surface area contributed by atoms with E-state index in [0.29, 0.717) is 13.0 Å². The Labute approximate surface area is 132 Å². The van der Waals surface area contributed by atoms with E-state index < -0.39 is 43.1 Å². The molecule has 0 bridgehead atoms. The third-order valence-electron chi connectivity index (χ3n) is 4.49. The number of carbonyl (C=O) groups is 2. The number of hydrogen-bond acceptors (Lipinski definition) is 3. The van der Waals surface area contributed by atoms with Crippen molar-refractivity contribution in [2.75, 3.05) is 19.7 Å². The quantitative estimate of drug-likeness (QED) is 0.820. The second-order valence-corrected chi connectivity index (χ2v) is 5.98. The summed E-state index contributed by atoms with van der Waals surface area (Å²) in [4.78, 5) is 24.2. The number of nitrogens with zero attached hydrogens (tertiary/aromatic N) is 1. The summed E-state index contributed by atoms with van der Waals surface area (Å²) in [5.41, 5.74) is 0. The van der Waals surface area contributed by atoms with Crippen molar-refractivity contribution in [3.05, 3.63) is 0 Å². The Kier molecular flexibility index (Phi) is 5.38. The number of carboxylic acid groups (broad SMARTS) is 1. The first-order valence-corrected chi connectivity index (χ1v) is 7.70. The lowest BCUT2D eigenvalue weighted by atomic mass is 9.96. The lowest BCUT2D eigenvalue weighted by molar-refractivity contribution is -0.187. The molecule has 9 heteroatoms. The molecule has 2 rings (SSSR count). The molecule has 23 heavy (non-hydrogen) atoms. The molecule has 1 aliphatic heterocycles. The highest BCUT2D eigenvalue weighted by molar-refractivity contribution is 5.78. The zero-order valence-electron chi connectivity index (χ0n) is 12.8. The van der Waals surface area contributed by atoms with E-state index in [1.165, 1.54) is 0 Å². The second-order valence-electron chi connectivity index (χ2n) is 5.98. The van der Waals surface area contributed by atoms with E-state index >= 15 is 0 Å². The summed E-state index contributed by atoms with van der Waals surface area (Å²) in [7, 11) is 0. The molecular formula is C14H21F3N2O4. The van der Waals surface area contributed by atoms with Crippen molar-refractivity contribution >= 4 is 12.0 Å². The van der Waals surface area contributed by atoms with Crippen LogP contribution < -0.4 is 5.32 Å².